The third kappa shape index (κ3) is 9.02. The number of allylic oxidation sites excluding steroid dienone is 4. The summed E-state index contributed by atoms with van der Waals surface area (Å²) in [6.45, 7) is 1.91. The van der Waals surface area contributed by atoms with Crippen molar-refractivity contribution in [3.63, 3.8) is 0 Å². The smallest absolute Gasteiger partial charge is 0.287 e. The lowest BCUT2D eigenvalue weighted by Crippen LogP contribution is -2.42. The Morgan fingerprint density at radius 2 is 1.89 bits per heavy atom. The summed E-state index contributed by atoms with van der Waals surface area (Å²) in [4.78, 5) is 31.2. The molecule has 2 heterocycles. The van der Waals surface area contributed by atoms with Crippen LogP contribution in [0, 0.1) is 0 Å². The molecule has 0 aliphatic heterocycles. The number of carbonyl (C=O) groups is 1. The molecular formula is C32H34F5N5O3S2. The monoisotopic (exact) mass is 695 g/mol. The van der Waals surface area contributed by atoms with Gasteiger partial charge in [-0.3, -0.25) is 14.6 Å². The highest BCUT2D eigenvalue weighted by Crippen LogP contribution is 2.32. The van der Waals surface area contributed by atoms with Crippen LogP contribution >= 0.6 is 12.3 Å². The number of rotatable bonds is 14. The van der Waals surface area contributed by atoms with Crippen LogP contribution in [0.2, 0.25) is 0 Å². The summed E-state index contributed by atoms with van der Waals surface area (Å²) in [6, 6.07) is 8.13. The van der Waals surface area contributed by atoms with Gasteiger partial charge in [-0.25, -0.2) is 26.1 Å². The van der Waals surface area contributed by atoms with E-state index in [4.69, 9.17) is 0 Å². The highest BCUT2D eigenvalue weighted by Gasteiger charge is 2.29. The van der Waals surface area contributed by atoms with Gasteiger partial charge in [-0.2, -0.15) is 5.10 Å². The summed E-state index contributed by atoms with van der Waals surface area (Å²) in [5.74, 6) is -4.93. The Balaban J connectivity index is 1.71. The van der Waals surface area contributed by atoms with E-state index in [9.17, 15) is 35.2 Å². The molecule has 15 heteroatoms. The molecule has 4 rings (SSSR count). The molecule has 1 atom stereocenters. The summed E-state index contributed by atoms with van der Waals surface area (Å²) in [5, 5.41) is 4.21. The Labute approximate surface area is 276 Å². The van der Waals surface area contributed by atoms with E-state index in [1.807, 2.05) is 6.07 Å². The fourth-order valence-corrected chi connectivity index (χ4v) is 6.99. The van der Waals surface area contributed by atoms with Crippen LogP contribution in [0.4, 0.5) is 27.1 Å². The predicted octanol–water partition coefficient (Wildman–Crippen LogP) is 7.62. The van der Waals surface area contributed by atoms with Gasteiger partial charge in [-0.05, 0) is 55.0 Å². The first-order valence-corrected chi connectivity index (χ1v) is 16.8. The van der Waals surface area contributed by atoms with Crippen LogP contribution in [0.25, 0.3) is 10.8 Å². The number of halogens is 5. The number of carbonyl (C=O) groups excluding carboxylic acids is 1. The maximum absolute atomic E-state index is 14.8. The van der Waals surface area contributed by atoms with Crippen LogP contribution < -0.4 is 10.5 Å². The lowest BCUT2D eigenvalue weighted by molar-refractivity contribution is -0.118. The molecule has 0 radical (unpaired) electrons. The van der Waals surface area contributed by atoms with Crippen LogP contribution in [0.15, 0.2) is 82.6 Å². The number of pyridine rings is 1. The number of hydrogen-bond donors (Lipinski definition) is 0. The summed E-state index contributed by atoms with van der Waals surface area (Å²) in [5.41, 5.74) is 1.17. The third-order valence-electron chi connectivity index (χ3n) is 7.72. The SMILES string of the molecule is C=C(F)/C=C(F)\C(=C(\F)CF)S(=O)N(CCC)CC(=O)N(Cc1ccc(C2CCCCC2)cn1)c1ccc2c(=O)n(SF)ncc2c1. The Hall–Kier alpha value is -3.69. The van der Waals surface area contributed by atoms with Gasteiger partial charge in [0.15, 0.2) is 18.2 Å². The largest absolute Gasteiger partial charge is 0.305 e. The first-order valence-electron chi connectivity index (χ1n) is 15.0. The number of alkyl halides is 1. The molecule has 1 unspecified atom stereocenters. The maximum Gasteiger partial charge on any atom is 0.287 e. The molecule has 0 spiro atoms. The molecule has 8 nitrogen and oxygen atoms in total. The van der Waals surface area contributed by atoms with E-state index in [0.717, 1.165) is 35.6 Å². The summed E-state index contributed by atoms with van der Waals surface area (Å²) < 4.78 is 84.0. The van der Waals surface area contributed by atoms with Gasteiger partial charge in [0.2, 0.25) is 5.91 Å². The second-order valence-electron chi connectivity index (χ2n) is 11.0. The van der Waals surface area contributed by atoms with Gasteiger partial charge in [0.1, 0.15) is 34.2 Å². The number of fused-ring (bicyclic) bond motifs is 1. The standard InChI is InChI=1S/C32H34F5N5O3S2/c1-3-13-40(47(45)31(29(36)16-33)28(35)14-21(2)34)20-30(43)41(19-25-10-9-23(17-38-25)22-7-5-4-6-8-22)26-11-12-27-24(15-26)18-39-42(46-37)32(27)44/h9-12,14-15,17-18,22H,2-8,13,16,19-20H2,1H3/b28-14+,31-29-. The topological polar surface area (TPSA) is 88.4 Å². The van der Waals surface area contributed by atoms with Crippen LogP contribution in [-0.2, 0) is 22.3 Å². The van der Waals surface area contributed by atoms with Gasteiger partial charge in [-0.15, -0.1) is 7.97 Å². The molecule has 0 N–H and O–H groups in total. The minimum Gasteiger partial charge on any atom is -0.305 e. The molecule has 1 aromatic carbocycles. The quantitative estimate of drug-likeness (QED) is 0.127. The van der Waals surface area contributed by atoms with Gasteiger partial charge in [-0.1, -0.05) is 38.8 Å². The predicted molar refractivity (Wildman–Crippen MR) is 175 cm³/mol. The highest BCUT2D eigenvalue weighted by atomic mass is 32.2. The van der Waals surface area contributed by atoms with Crippen molar-refractivity contribution in [3.05, 3.63) is 99.4 Å². The molecule has 1 fully saturated rings. The van der Waals surface area contributed by atoms with Gasteiger partial charge in [0, 0.05) is 29.9 Å². The summed E-state index contributed by atoms with van der Waals surface area (Å²) in [7, 11) is -2.76. The van der Waals surface area contributed by atoms with Crippen molar-refractivity contribution in [1.29, 1.82) is 0 Å². The number of aromatic nitrogens is 3. The van der Waals surface area contributed by atoms with E-state index in [1.165, 1.54) is 35.7 Å². The van der Waals surface area contributed by atoms with Crippen molar-refractivity contribution in [1.82, 2.24) is 18.5 Å². The molecule has 252 valence electrons. The molecular weight excluding hydrogens is 662 g/mol. The molecule has 1 aliphatic rings. The van der Waals surface area contributed by atoms with E-state index < -0.39 is 58.1 Å². The lowest BCUT2D eigenvalue weighted by atomic mass is 9.85. The van der Waals surface area contributed by atoms with E-state index >= 15 is 0 Å². The molecule has 3 aromatic rings. The first kappa shape index (κ1) is 36.2. The fraction of sp³-hybridized carbons (Fsp3) is 0.375. The van der Waals surface area contributed by atoms with E-state index in [1.54, 1.807) is 19.2 Å². The van der Waals surface area contributed by atoms with Crippen molar-refractivity contribution in [3.8, 4) is 0 Å². The number of benzene rings is 1. The number of amides is 1. The van der Waals surface area contributed by atoms with E-state index in [2.05, 4.69) is 16.7 Å². The lowest BCUT2D eigenvalue weighted by Gasteiger charge is -2.27. The molecule has 1 saturated carbocycles. The third-order valence-corrected chi connectivity index (χ3v) is 9.66. The average Bonchev–Trinajstić information content (AvgIpc) is 3.07. The molecule has 1 aliphatic carbocycles. The summed E-state index contributed by atoms with van der Waals surface area (Å²) >= 11 is -0.361. The Morgan fingerprint density at radius 3 is 2.51 bits per heavy atom. The zero-order chi connectivity index (χ0) is 34.1. The molecule has 2 aromatic heterocycles. The van der Waals surface area contributed by atoms with Gasteiger partial charge >= 0.3 is 0 Å². The minimum absolute atomic E-state index is 0.0792. The van der Waals surface area contributed by atoms with Gasteiger partial charge in [0.05, 0.1) is 30.4 Å². The first-order chi connectivity index (χ1) is 22.6. The Morgan fingerprint density at radius 1 is 1.15 bits per heavy atom. The number of nitrogens with zero attached hydrogens (tertiary/aromatic N) is 5. The van der Waals surface area contributed by atoms with Crippen LogP contribution in [-0.4, -0.2) is 48.4 Å². The van der Waals surface area contributed by atoms with Crippen molar-refractivity contribution in [2.24, 2.45) is 0 Å². The Kier molecular flexibility index (Phi) is 13.0. The van der Waals surface area contributed by atoms with Crippen molar-refractivity contribution >= 4 is 45.7 Å². The van der Waals surface area contributed by atoms with Crippen molar-refractivity contribution < 1.29 is 30.5 Å². The van der Waals surface area contributed by atoms with Crippen molar-refractivity contribution in [2.75, 3.05) is 24.7 Å². The van der Waals surface area contributed by atoms with E-state index in [0.29, 0.717) is 21.1 Å². The average molecular weight is 696 g/mol. The zero-order valence-corrected chi connectivity index (χ0v) is 27.3. The zero-order valence-electron chi connectivity index (χ0n) is 25.6. The van der Waals surface area contributed by atoms with Gasteiger partial charge < -0.3 is 4.90 Å². The maximum atomic E-state index is 14.8. The fourth-order valence-electron chi connectivity index (χ4n) is 5.44. The molecule has 1 amide bonds. The second-order valence-corrected chi connectivity index (χ2v) is 12.9. The van der Waals surface area contributed by atoms with E-state index in [-0.39, 0.29) is 49.0 Å². The van der Waals surface area contributed by atoms with Crippen LogP contribution in [0.3, 0.4) is 0 Å². The molecule has 47 heavy (non-hydrogen) atoms. The van der Waals surface area contributed by atoms with Crippen LogP contribution in [0.1, 0.15) is 62.6 Å². The minimum atomic E-state index is -2.76. The van der Waals surface area contributed by atoms with Gasteiger partial charge in [0.25, 0.3) is 5.56 Å². The second kappa shape index (κ2) is 16.9. The number of anilines is 1. The van der Waals surface area contributed by atoms with Crippen LogP contribution in [0.5, 0.6) is 0 Å². The normalized spacial score (nSPS) is 15.5. The molecule has 0 bridgehead atoms. The number of hydrogen-bond acceptors (Lipinski definition) is 6. The highest BCUT2D eigenvalue weighted by molar-refractivity contribution is 7.92. The van der Waals surface area contributed by atoms with Crippen molar-refractivity contribution in [2.45, 2.75) is 57.9 Å². The Bertz CT molecular complexity index is 1740. The molecule has 0 saturated heterocycles. The summed E-state index contributed by atoms with van der Waals surface area (Å²) in [6.07, 6.45) is 9.13.